The van der Waals surface area contributed by atoms with E-state index in [4.69, 9.17) is 0 Å². The Morgan fingerprint density at radius 1 is 1.32 bits per heavy atom. The van der Waals surface area contributed by atoms with Gasteiger partial charge in [-0.1, -0.05) is 0 Å². The van der Waals surface area contributed by atoms with E-state index in [1.54, 1.807) is 11.3 Å². The molecule has 0 saturated carbocycles. The molecule has 3 heterocycles. The van der Waals surface area contributed by atoms with Gasteiger partial charge in [0.2, 0.25) is 0 Å². The highest BCUT2D eigenvalue weighted by Gasteiger charge is 2.26. The topological polar surface area (TPSA) is 32.7 Å². The smallest absolute Gasteiger partial charge is 0.286 e. The minimum Gasteiger partial charge on any atom is -0.351 e. The van der Waals surface area contributed by atoms with Crippen molar-refractivity contribution in [3.63, 3.8) is 0 Å². The van der Waals surface area contributed by atoms with Crippen LogP contribution in [-0.2, 0) is 4.79 Å². The number of nitrogens with zero attached hydrogens (tertiary/aromatic N) is 2. The molecule has 2 aliphatic heterocycles. The van der Waals surface area contributed by atoms with Crippen LogP contribution in [0.4, 0.5) is 0 Å². The van der Waals surface area contributed by atoms with Crippen molar-refractivity contribution in [2.24, 2.45) is 4.99 Å². The van der Waals surface area contributed by atoms with Crippen LogP contribution in [0.15, 0.2) is 25.8 Å². The first kappa shape index (κ1) is 13.4. The van der Waals surface area contributed by atoms with Gasteiger partial charge in [0, 0.05) is 27.8 Å². The molecule has 100 valence electrons. The molecule has 0 spiro atoms. The van der Waals surface area contributed by atoms with E-state index in [1.807, 2.05) is 17.5 Å². The van der Waals surface area contributed by atoms with Crippen LogP contribution in [0, 0.1) is 0 Å². The predicted molar refractivity (Wildman–Crippen MR) is 85.5 cm³/mol. The van der Waals surface area contributed by atoms with Crippen molar-refractivity contribution < 1.29 is 4.79 Å². The quantitative estimate of drug-likeness (QED) is 0.713. The number of likely N-dealkylation sites (tertiary alicyclic amines) is 1. The Hall–Kier alpha value is -0.590. The summed E-state index contributed by atoms with van der Waals surface area (Å²) in [6.07, 6.45) is 5.62. The molecular formula is C13H13BrN2OS2. The maximum atomic E-state index is 11.9. The third-order valence-electron chi connectivity index (χ3n) is 3.10. The zero-order valence-corrected chi connectivity index (χ0v) is 13.5. The highest BCUT2D eigenvalue weighted by atomic mass is 79.9. The van der Waals surface area contributed by atoms with E-state index in [0.29, 0.717) is 0 Å². The maximum absolute atomic E-state index is 11.9. The van der Waals surface area contributed by atoms with Gasteiger partial charge in [0.15, 0.2) is 5.17 Å². The fraction of sp³-hybridized carbons (Fsp3) is 0.385. The molecule has 1 aromatic heterocycles. The largest absolute Gasteiger partial charge is 0.351 e. The van der Waals surface area contributed by atoms with E-state index >= 15 is 0 Å². The van der Waals surface area contributed by atoms with Crippen molar-refractivity contribution in [1.82, 2.24) is 4.90 Å². The van der Waals surface area contributed by atoms with E-state index in [2.05, 4.69) is 25.8 Å². The average molecular weight is 357 g/mol. The summed E-state index contributed by atoms with van der Waals surface area (Å²) >= 11 is 6.55. The Labute approximate surface area is 128 Å². The second kappa shape index (κ2) is 5.81. The molecule has 3 rings (SSSR count). The van der Waals surface area contributed by atoms with Gasteiger partial charge in [-0.3, -0.25) is 4.79 Å². The highest BCUT2D eigenvalue weighted by molar-refractivity contribution is 9.10. The molecule has 0 atom stereocenters. The summed E-state index contributed by atoms with van der Waals surface area (Å²) < 4.78 is 1.05. The van der Waals surface area contributed by atoms with Gasteiger partial charge in [-0.25, -0.2) is 0 Å². The third-order valence-corrected chi connectivity index (χ3v) is 5.78. The summed E-state index contributed by atoms with van der Waals surface area (Å²) in [6, 6.07) is 2.02. The molecule has 0 aliphatic carbocycles. The van der Waals surface area contributed by atoms with Crippen molar-refractivity contribution >= 4 is 56.2 Å². The van der Waals surface area contributed by atoms with Gasteiger partial charge in [0.1, 0.15) is 0 Å². The number of amides is 1. The lowest BCUT2D eigenvalue weighted by molar-refractivity contribution is -0.113. The first-order valence-corrected chi connectivity index (χ1v) is 8.73. The normalized spacial score (nSPS) is 22.2. The molecular weight excluding hydrogens is 344 g/mol. The lowest BCUT2D eigenvalue weighted by Gasteiger charge is -2.27. The molecule has 0 bridgehead atoms. The maximum Gasteiger partial charge on any atom is 0.286 e. The van der Waals surface area contributed by atoms with Crippen LogP contribution < -0.4 is 0 Å². The Balaban J connectivity index is 1.74. The Morgan fingerprint density at radius 3 is 2.79 bits per heavy atom. The zero-order valence-electron chi connectivity index (χ0n) is 10.3. The van der Waals surface area contributed by atoms with Crippen molar-refractivity contribution in [3.8, 4) is 0 Å². The van der Waals surface area contributed by atoms with Crippen molar-refractivity contribution in [2.75, 3.05) is 13.1 Å². The van der Waals surface area contributed by atoms with Crippen molar-refractivity contribution in [1.29, 1.82) is 0 Å². The van der Waals surface area contributed by atoms with Crippen molar-refractivity contribution in [3.05, 3.63) is 25.7 Å². The number of carbonyl (C=O) groups excluding carboxylic acids is 1. The highest BCUT2D eigenvalue weighted by Crippen LogP contribution is 2.33. The minimum absolute atomic E-state index is 0.102. The Bertz CT molecular complexity index is 559. The summed E-state index contributed by atoms with van der Waals surface area (Å²) in [5.41, 5.74) is 0. The SMILES string of the molecule is O=C1N=C(N2CCCCC2)S/C1=C/c1cc(Br)cs1. The number of rotatable bonds is 1. The summed E-state index contributed by atoms with van der Waals surface area (Å²) in [5.74, 6) is -0.102. The second-order valence-electron chi connectivity index (χ2n) is 4.53. The molecule has 0 unspecified atom stereocenters. The molecule has 2 aliphatic rings. The minimum atomic E-state index is -0.102. The van der Waals surface area contributed by atoms with E-state index in [9.17, 15) is 4.79 Å². The van der Waals surface area contributed by atoms with Gasteiger partial charge >= 0.3 is 0 Å². The number of hydrogen-bond donors (Lipinski definition) is 0. The lowest BCUT2D eigenvalue weighted by atomic mass is 10.1. The molecule has 1 saturated heterocycles. The molecule has 0 radical (unpaired) electrons. The number of thiophene rings is 1. The van der Waals surface area contributed by atoms with E-state index < -0.39 is 0 Å². The molecule has 19 heavy (non-hydrogen) atoms. The van der Waals surface area contributed by atoms with Crippen LogP contribution in [0.2, 0.25) is 0 Å². The van der Waals surface area contributed by atoms with Gasteiger partial charge < -0.3 is 4.90 Å². The number of piperidine rings is 1. The van der Waals surface area contributed by atoms with Gasteiger partial charge in [-0.15, -0.1) is 11.3 Å². The van der Waals surface area contributed by atoms with E-state index in [0.717, 1.165) is 32.5 Å². The molecule has 3 nitrogen and oxygen atoms in total. The summed E-state index contributed by atoms with van der Waals surface area (Å²) in [6.45, 7) is 2.05. The molecule has 1 aromatic rings. The number of halogens is 1. The number of amidine groups is 1. The second-order valence-corrected chi connectivity index (χ2v) is 7.39. The lowest BCUT2D eigenvalue weighted by Crippen LogP contribution is -2.33. The molecule has 0 aromatic carbocycles. The molecule has 6 heteroatoms. The Kier molecular flexibility index (Phi) is 4.10. The average Bonchev–Trinajstić information content (AvgIpc) is 2.98. The number of hydrogen-bond acceptors (Lipinski definition) is 4. The van der Waals surface area contributed by atoms with Crippen LogP contribution in [-0.4, -0.2) is 29.1 Å². The molecule has 0 N–H and O–H groups in total. The van der Waals surface area contributed by atoms with Crippen LogP contribution in [0.1, 0.15) is 24.1 Å². The number of aliphatic imine (C=N–C) groups is 1. The Morgan fingerprint density at radius 2 is 2.11 bits per heavy atom. The van der Waals surface area contributed by atoms with Crippen LogP contribution >= 0.6 is 39.0 Å². The standard InChI is InChI=1S/C13H13BrN2OS2/c14-9-6-10(18-8-9)7-11-12(17)15-13(19-11)16-4-2-1-3-5-16/h6-8H,1-5H2/b11-7+. The van der Waals surface area contributed by atoms with Crippen LogP contribution in [0.3, 0.4) is 0 Å². The first-order chi connectivity index (χ1) is 9.22. The van der Waals surface area contributed by atoms with Crippen LogP contribution in [0.25, 0.3) is 6.08 Å². The van der Waals surface area contributed by atoms with Crippen LogP contribution in [0.5, 0.6) is 0 Å². The zero-order chi connectivity index (χ0) is 13.2. The number of thioether (sulfide) groups is 1. The third kappa shape index (κ3) is 3.12. The molecule has 1 fully saturated rings. The van der Waals surface area contributed by atoms with E-state index in [1.165, 1.54) is 31.0 Å². The summed E-state index contributed by atoms with van der Waals surface area (Å²) in [7, 11) is 0. The van der Waals surface area contributed by atoms with Gasteiger partial charge in [-0.05, 0) is 59.1 Å². The summed E-state index contributed by atoms with van der Waals surface area (Å²) in [5, 5.41) is 2.90. The van der Waals surface area contributed by atoms with E-state index in [-0.39, 0.29) is 5.91 Å². The summed E-state index contributed by atoms with van der Waals surface area (Å²) in [4.78, 5) is 20.2. The fourth-order valence-corrected chi connectivity index (χ4v) is 4.56. The predicted octanol–water partition coefficient (Wildman–Crippen LogP) is 3.97. The van der Waals surface area contributed by atoms with Gasteiger partial charge in [0.05, 0.1) is 4.91 Å². The van der Waals surface area contributed by atoms with Gasteiger partial charge in [-0.2, -0.15) is 4.99 Å². The monoisotopic (exact) mass is 356 g/mol. The molecule has 1 amide bonds. The van der Waals surface area contributed by atoms with Gasteiger partial charge in [0.25, 0.3) is 5.91 Å². The first-order valence-electron chi connectivity index (χ1n) is 6.24. The number of carbonyl (C=O) groups is 1. The fourth-order valence-electron chi connectivity index (χ4n) is 2.15. The van der Waals surface area contributed by atoms with Crippen molar-refractivity contribution in [2.45, 2.75) is 19.3 Å².